The lowest BCUT2D eigenvalue weighted by molar-refractivity contribution is 0.338. The second-order valence-electron chi connectivity index (χ2n) is 4.47. The Hall–Kier alpha value is -0.720. The molecule has 0 aromatic heterocycles. The highest BCUT2D eigenvalue weighted by Crippen LogP contribution is 2.41. The minimum absolute atomic E-state index is 0.0550. The third kappa shape index (κ3) is 2.69. The van der Waals surface area contributed by atoms with Crippen molar-refractivity contribution in [2.75, 3.05) is 11.9 Å². The van der Waals surface area contributed by atoms with Crippen molar-refractivity contribution in [3.63, 3.8) is 0 Å². The second kappa shape index (κ2) is 5.58. The van der Waals surface area contributed by atoms with Gasteiger partial charge in [-0.3, -0.25) is 0 Å². The van der Waals surface area contributed by atoms with Crippen molar-refractivity contribution in [3.8, 4) is 11.5 Å². The third-order valence-corrected chi connectivity index (χ3v) is 4.81. The lowest BCUT2D eigenvalue weighted by atomic mass is 10.1. The summed E-state index contributed by atoms with van der Waals surface area (Å²) in [6.07, 6.45) is 0. The van der Waals surface area contributed by atoms with Crippen LogP contribution in [0.2, 0.25) is 0 Å². The van der Waals surface area contributed by atoms with E-state index in [2.05, 4.69) is 53.1 Å². The Morgan fingerprint density at radius 2 is 1.80 bits per heavy atom. The van der Waals surface area contributed by atoms with Gasteiger partial charge in [0.1, 0.15) is 18.1 Å². The van der Waals surface area contributed by atoms with Gasteiger partial charge >= 0.3 is 0 Å². The number of ether oxygens (including phenoxy) is 1. The Balaban J connectivity index is 1.91. The summed E-state index contributed by atoms with van der Waals surface area (Å²) in [5.74, 6) is 0.947. The maximum Gasteiger partial charge on any atom is 0.128 e. The van der Waals surface area contributed by atoms with Crippen molar-refractivity contribution in [3.05, 3.63) is 49.3 Å². The number of phenolic OH excluding ortho intramolecular Hbond substituents is 1. The molecule has 1 aliphatic heterocycles. The van der Waals surface area contributed by atoms with Crippen molar-refractivity contribution in [2.45, 2.75) is 6.04 Å². The van der Waals surface area contributed by atoms with Gasteiger partial charge in [-0.15, -0.1) is 0 Å². The largest absolute Gasteiger partial charge is 0.508 e. The number of hydrogen-bond acceptors (Lipinski definition) is 3. The molecule has 0 saturated carbocycles. The van der Waals surface area contributed by atoms with Crippen LogP contribution in [0.25, 0.3) is 0 Å². The number of nitrogens with one attached hydrogen (secondary N) is 1. The van der Waals surface area contributed by atoms with Crippen LogP contribution in [0.3, 0.4) is 0 Å². The highest BCUT2D eigenvalue weighted by atomic mass is 79.9. The van der Waals surface area contributed by atoms with Crippen molar-refractivity contribution in [1.82, 2.24) is 0 Å². The molecule has 0 bridgehead atoms. The standard InChI is InChI=1S/C14H10Br3NO2/c15-7-3-10(16)14(11(17)4-7)18-12-6-20-13-5-8(19)1-2-9(12)13/h1-5,12,18-19H,6H2. The van der Waals surface area contributed by atoms with Gasteiger partial charge in [0.05, 0.1) is 11.7 Å². The molecule has 1 heterocycles. The van der Waals surface area contributed by atoms with E-state index < -0.39 is 0 Å². The molecule has 3 rings (SSSR count). The van der Waals surface area contributed by atoms with Gasteiger partial charge in [-0.05, 0) is 56.1 Å². The summed E-state index contributed by atoms with van der Waals surface area (Å²) in [5.41, 5.74) is 2.02. The van der Waals surface area contributed by atoms with Crippen molar-refractivity contribution >= 4 is 53.5 Å². The number of aromatic hydroxyl groups is 1. The first-order valence-corrected chi connectivity index (χ1v) is 8.29. The zero-order chi connectivity index (χ0) is 14.3. The molecule has 3 nitrogen and oxygen atoms in total. The molecule has 0 aliphatic carbocycles. The van der Waals surface area contributed by atoms with Crippen LogP contribution in [0.1, 0.15) is 11.6 Å². The predicted octanol–water partition coefficient (Wildman–Crippen LogP) is 5.23. The van der Waals surface area contributed by atoms with E-state index in [1.807, 2.05) is 18.2 Å². The first-order chi connectivity index (χ1) is 9.54. The van der Waals surface area contributed by atoms with E-state index >= 15 is 0 Å². The molecule has 20 heavy (non-hydrogen) atoms. The van der Waals surface area contributed by atoms with Crippen molar-refractivity contribution < 1.29 is 9.84 Å². The number of fused-ring (bicyclic) bond motifs is 1. The zero-order valence-corrected chi connectivity index (χ0v) is 14.9. The number of rotatable bonds is 2. The Bertz CT molecular complexity index is 652. The normalized spacial score (nSPS) is 16.6. The smallest absolute Gasteiger partial charge is 0.128 e. The quantitative estimate of drug-likeness (QED) is 0.641. The fourth-order valence-corrected chi connectivity index (χ4v) is 4.66. The highest BCUT2D eigenvalue weighted by Gasteiger charge is 2.25. The van der Waals surface area contributed by atoms with Gasteiger partial charge in [0, 0.05) is 25.0 Å². The Morgan fingerprint density at radius 3 is 2.50 bits per heavy atom. The number of phenols is 1. The fraction of sp³-hybridized carbons (Fsp3) is 0.143. The van der Waals surface area contributed by atoms with E-state index in [1.165, 1.54) is 0 Å². The van der Waals surface area contributed by atoms with Gasteiger partial charge in [-0.25, -0.2) is 0 Å². The summed E-state index contributed by atoms with van der Waals surface area (Å²) in [6.45, 7) is 0.535. The minimum Gasteiger partial charge on any atom is -0.508 e. The topological polar surface area (TPSA) is 41.5 Å². The number of benzene rings is 2. The molecule has 2 N–H and O–H groups in total. The average molecular weight is 464 g/mol. The molecule has 1 unspecified atom stereocenters. The first kappa shape index (κ1) is 14.2. The summed E-state index contributed by atoms with van der Waals surface area (Å²) in [5, 5.41) is 12.9. The van der Waals surface area contributed by atoms with Gasteiger partial charge in [0.2, 0.25) is 0 Å². The highest BCUT2D eigenvalue weighted by molar-refractivity contribution is 9.11. The number of halogens is 3. The summed E-state index contributed by atoms with van der Waals surface area (Å²) in [4.78, 5) is 0. The molecular formula is C14H10Br3NO2. The van der Waals surface area contributed by atoms with Gasteiger partial charge in [-0.2, -0.15) is 0 Å². The maximum atomic E-state index is 9.47. The van der Waals surface area contributed by atoms with Crippen molar-refractivity contribution in [2.24, 2.45) is 0 Å². The number of hydrogen-bond donors (Lipinski definition) is 2. The SMILES string of the molecule is Oc1ccc2c(c1)OCC2Nc1c(Br)cc(Br)cc1Br. The molecule has 0 radical (unpaired) electrons. The Kier molecular flexibility index (Phi) is 3.97. The van der Waals surface area contributed by atoms with E-state index in [0.29, 0.717) is 6.61 Å². The summed E-state index contributed by atoms with van der Waals surface area (Å²) >= 11 is 10.6. The molecule has 1 aliphatic rings. The van der Waals surface area contributed by atoms with E-state index in [4.69, 9.17) is 4.74 Å². The minimum atomic E-state index is 0.0550. The summed E-state index contributed by atoms with van der Waals surface area (Å²) < 4.78 is 8.53. The van der Waals surface area contributed by atoms with E-state index in [-0.39, 0.29) is 11.8 Å². The molecule has 6 heteroatoms. The van der Waals surface area contributed by atoms with Crippen molar-refractivity contribution in [1.29, 1.82) is 0 Å². The predicted molar refractivity (Wildman–Crippen MR) is 89.5 cm³/mol. The van der Waals surface area contributed by atoms with Crippen LogP contribution in [-0.4, -0.2) is 11.7 Å². The van der Waals surface area contributed by atoms with E-state index in [9.17, 15) is 5.11 Å². The molecule has 1 atom stereocenters. The van der Waals surface area contributed by atoms with Crippen LogP contribution >= 0.6 is 47.8 Å². The second-order valence-corrected chi connectivity index (χ2v) is 7.10. The fourth-order valence-electron chi connectivity index (χ4n) is 2.17. The monoisotopic (exact) mass is 461 g/mol. The third-order valence-electron chi connectivity index (χ3n) is 3.10. The van der Waals surface area contributed by atoms with Gasteiger partial charge in [-0.1, -0.05) is 15.9 Å². The molecule has 2 aromatic carbocycles. The van der Waals surface area contributed by atoms with E-state index in [0.717, 1.165) is 30.4 Å². The molecule has 0 spiro atoms. The maximum absolute atomic E-state index is 9.47. The first-order valence-electron chi connectivity index (χ1n) is 5.91. The van der Waals surface area contributed by atoms with Gasteiger partial charge in [0.15, 0.2) is 0 Å². The number of anilines is 1. The van der Waals surface area contributed by atoms with Crippen LogP contribution < -0.4 is 10.1 Å². The Labute approximate surface area is 141 Å². The molecule has 104 valence electrons. The van der Waals surface area contributed by atoms with Crippen LogP contribution in [-0.2, 0) is 0 Å². The molecule has 0 saturated heterocycles. The van der Waals surface area contributed by atoms with Gasteiger partial charge in [0.25, 0.3) is 0 Å². The van der Waals surface area contributed by atoms with Gasteiger partial charge < -0.3 is 15.2 Å². The van der Waals surface area contributed by atoms with Crippen LogP contribution in [0.4, 0.5) is 5.69 Å². The van der Waals surface area contributed by atoms with E-state index in [1.54, 1.807) is 12.1 Å². The van der Waals surface area contributed by atoms with Crippen LogP contribution in [0.15, 0.2) is 43.7 Å². The Morgan fingerprint density at radius 1 is 1.10 bits per heavy atom. The summed E-state index contributed by atoms with van der Waals surface area (Å²) in [6, 6.07) is 9.23. The lowest BCUT2D eigenvalue weighted by Crippen LogP contribution is -2.12. The lowest BCUT2D eigenvalue weighted by Gasteiger charge is -2.16. The molecule has 0 fully saturated rings. The average Bonchev–Trinajstić information content (AvgIpc) is 2.76. The van der Waals surface area contributed by atoms with Crippen LogP contribution in [0.5, 0.6) is 11.5 Å². The molecule has 0 amide bonds. The zero-order valence-electron chi connectivity index (χ0n) is 10.2. The summed E-state index contributed by atoms with van der Waals surface area (Å²) in [7, 11) is 0. The molecule has 2 aromatic rings. The van der Waals surface area contributed by atoms with Crippen LogP contribution in [0, 0.1) is 0 Å². The molecular weight excluding hydrogens is 454 g/mol.